The van der Waals surface area contributed by atoms with Crippen LogP contribution in [0.1, 0.15) is 24.5 Å². The fourth-order valence-electron chi connectivity index (χ4n) is 2.46. The molecular weight excluding hydrogens is 264 g/mol. The molecule has 1 aliphatic rings. The lowest BCUT2D eigenvalue weighted by Gasteiger charge is -2.12. The molecule has 1 fully saturated rings. The molecule has 2 unspecified atom stereocenters. The summed E-state index contributed by atoms with van der Waals surface area (Å²) in [6.45, 7) is 6.18. The molecule has 0 spiro atoms. The molecule has 2 rings (SSSR count). The van der Waals surface area contributed by atoms with E-state index >= 15 is 0 Å². The Hall–Kier alpha value is -0.653. The van der Waals surface area contributed by atoms with E-state index in [9.17, 15) is 8.42 Å². The van der Waals surface area contributed by atoms with Gasteiger partial charge in [-0.1, -0.05) is 23.4 Å². The standard InChI is InChI=1S/C13H20O3SSi/c1-9-6-5-7-11(10(9)2)18-12-8-13(12,3)16-17(4,14)15/h5-7,12H,8,18H2,1-4H3. The van der Waals surface area contributed by atoms with Gasteiger partial charge in [-0.3, -0.25) is 4.18 Å². The second-order valence-electron chi connectivity index (χ2n) is 5.56. The Bertz CT molecular complexity index is 568. The van der Waals surface area contributed by atoms with Gasteiger partial charge in [0.15, 0.2) is 0 Å². The van der Waals surface area contributed by atoms with Gasteiger partial charge in [0.25, 0.3) is 10.1 Å². The third-order valence-corrected chi connectivity index (χ3v) is 7.41. The van der Waals surface area contributed by atoms with E-state index in [0.717, 1.165) is 12.7 Å². The highest BCUT2D eigenvalue weighted by Gasteiger charge is 2.53. The maximum absolute atomic E-state index is 11.2. The monoisotopic (exact) mass is 284 g/mol. The zero-order valence-electron chi connectivity index (χ0n) is 11.4. The second-order valence-corrected chi connectivity index (χ2v) is 9.29. The molecule has 0 N–H and O–H groups in total. The smallest absolute Gasteiger partial charge is 0.264 e. The lowest BCUT2D eigenvalue weighted by Crippen LogP contribution is -2.24. The lowest BCUT2D eigenvalue weighted by molar-refractivity contribution is 0.211. The van der Waals surface area contributed by atoms with Gasteiger partial charge in [0.1, 0.15) is 0 Å². The lowest BCUT2D eigenvalue weighted by atomic mass is 10.1. The Morgan fingerprint density at radius 2 is 2.06 bits per heavy atom. The van der Waals surface area contributed by atoms with Gasteiger partial charge >= 0.3 is 0 Å². The van der Waals surface area contributed by atoms with E-state index in [1.165, 1.54) is 16.3 Å². The average molecular weight is 284 g/mol. The Morgan fingerprint density at radius 1 is 1.39 bits per heavy atom. The van der Waals surface area contributed by atoms with Crippen LogP contribution < -0.4 is 5.19 Å². The van der Waals surface area contributed by atoms with Gasteiger partial charge in [-0.2, -0.15) is 8.42 Å². The first-order valence-corrected chi connectivity index (χ1v) is 9.51. The highest BCUT2D eigenvalue weighted by molar-refractivity contribution is 7.86. The summed E-state index contributed by atoms with van der Waals surface area (Å²) in [6, 6.07) is 6.38. The zero-order valence-corrected chi connectivity index (χ0v) is 13.6. The van der Waals surface area contributed by atoms with E-state index in [2.05, 4.69) is 32.0 Å². The van der Waals surface area contributed by atoms with Gasteiger partial charge in [0.05, 0.1) is 21.4 Å². The maximum atomic E-state index is 11.2. The van der Waals surface area contributed by atoms with Crippen LogP contribution in [0.3, 0.4) is 0 Å². The summed E-state index contributed by atoms with van der Waals surface area (Å²) in [7, 11) is -3.82. The molecule has 1 aromatic carbocycles. The number of hydrogen-bond acceptors (Lipinski definition) is 3. The van der Waals surface area contributed by atoms with Crippen molar-refractivity contribution in [3.05, 3.63) is 29.3 Å². The topological polar surface area (TPSA) is 43.4 Å². The van der Waals surface area contributed by atoms with Crippen LogP contribution in [0.25, 0.3) is 0 Å². The SMILES string of the molecule is Cc1cccc([SiH2]C2CC2(C)OS(C)(=O)=O)c1C. The van der Waals surface area contributed by atoms with Gasteiger partial charge < -0.3 is 0 Å². The van der Waals surface area contributed by atoms with E-state index in [0.29, 0.717) is 5.54 Å². The molecule has 1 aromatic rings. The summed E-state index contributed by atoms with van der Waals surface area (Å²) in [5.41, 5.74) is 2.67. The van der Waals surface area contributed by atoms with Crippen molar-refractivity contribution in [2.24, 2.45) is 0 Å². The van der Waals surface area contributed by atoms with Crippen molar-refractivity contribution in [3.8, 4) is 0 Å². The number of rotatable bonds is 4. The van der Waals surface area contributed by atoms with Crippen molar-refractivity contribution in [2.75, 3.05) is 6.26 Å². The summed E-state index contributed by atoms with van der Waals surface area (Å²) in [5.74, 6) is 0. The summed E-state index contributed by atoms with van der Waals surface area (Å²) in [6.07, 6.45) is 2.01. The first-order valence-electron chi connectivity index (χ1n) is 6.17. The van der Waals surface area contributed by atoms with Gasteiger partial charge in [-0.25, -0.2) is 0 Å². The predicted octanol–water partition coefficient (Wildman–Crippen LogP) is 1.02. The minimum atomic E-state index is -3.34. The van der Waals surface area contributed by atoms with Crippen molar-refractivity contribution >= 4 is 24.8 Å². The molecule has 0 aliphatic heterocycles. The molecule has 2 atom stereocenters. The molecule has 5 heteroatoms. The third-order valence-electron chi connectivity index (χ3n) is 3.88. The molecule has 18 heavy (non-hydrogen) atoms. The molecule has 1 aliphatic carbocycles. The Morgan fingerprint density at radius 3 is 2.67 bits per heavy atom. The van der Waals surface area contributed by atoms with Crippen LogP contribution in [0, 0.1) is 13.8 Å². The third kappa shape index (κ3) is 3.02. The first kappa shape index (κ1) is 13.8. The van der Waals surface area contributed by atoms with Gasteiger partial charge in [-0.15, -0.1) is 0 Å². The van der Waals surface area contributed by atoms with Gasteiger partial charge in [0, 0.05) is 0 Å². The van der Waals surface area contributed by atoms with Crippen molar-refractivity contribution in [3.63, 3.8) is 0 Å². The van der Waals surface area contributed by atoms with Gasteiger partial charge in [-0.05, 0) is 43.9 Å². The molecule has 0 aromatic heterocycles. The molecule has 0 bridgehead atoms. The van der Waals surface area contributed by atoms with Crippen molar-refractivity contribution in [1.29, 1.82) is 0 Å². The van der Waals surface area contributed by atoms with Crippen molar-refractivity contribution in [2.45, 2.75) is 38.3 Å². The van der Waals surface area contributed by atoms with Crippen LogP contribution >= 0.6 is 0 Å². The quantitative estimate of drug-likeness (QED) is 0.612. The van der Waals surface area contributed by atoms with E-state index in [-0.39, 0.29) is 0 Å². The molecule has 3 nitrogen and oxygen atoms in total. The summed E-state index contributed by atoms with van der Waals surface area (Å²) >= 11 is 0. The van der Waals surface area contributed by atoms with Crippen molar-refractivity contribution < 1.29 is 12.6 Å². The number of hydrogen-bond donors (Lipinski definition) is 0. The highest BCUT2D eigenvalue weighted by atomic mass is 32.2. The van der Waals surface area contributed by atoms with E-state index < -0.39 is 25.2 Å². The summed E-state index contributed by atoms with van der Waals surface area (Å²) in [5, 5.41) is 1.43. The molecular formula is C13H20O3SSi. The number of benzene rings is 1. The molecule has 0 heterocycles. The summed E-state index contributed by atoms with van der Waals surface area (Å²) in [4.78, 5) is 0. The molecule has 0 radical (unpaired) electrons. The van der Waals surface area contributed by atoms with E-state index in [4.69, 9.17) is 4.18 Å². The molecule has 0 saturated heterocycles. The largest absolute Gasteiger partial charge is 0.264 e. The van der Waals surface area contributed by atoms with E-state index in [1.807, 2.05) is 6.92 Å². The average Bonchev–Trinajstić information content (AvgIpc) is 2.80. The van der Waals surface area contributed by atoms with Crippen molar-refractivity contribution in [1.82, 2.24) is 0 Å². The van der Waals surface area contributed by atoms with Crippen LogP contribution in [0.5, 0.6) is 0 Å². The Labute approximate surface area is 112 Å². The number of aryl methyl sites for hydroxylation is 1. The van der Waals surface area contributed by atoms with Crippen LogP contribution in [0.2, 0.25) is 5.54 Å². The normalized spacial score (nSPS) is 27.9. The molecule has 0 amide bonds. The van der Waals surface area contributed by atoms with Crippen LogP contribution in [0.15, 0.2) is 18.2 Å². The van der Waals surface area contributed by atoms with Crippen LogP contribution in [-0.2, 0) is 14.3 Å². The fraction of sp³-hybridized carbons (Fsp3) is 0.538. The van der Waals surface area contributed by atoms with Gasteiger partial charge in [0.2, 0.25) is 0 Å². The fourth-order valence-corrected chi connectivity index (χ4v) is 6.10. The Balaban J connectivity index is 2.07. The second kappa shape index (κ2) is 4.47. The summed E-state index contributed by atoms with van der Waals surface area (Å²) < 4.78 is 27.6. The first-order chi connectivity index (χ1) is 8.21. The van der Waals surface area contributed by atoms with Crippen LogP contribution in [0.4, 0.5) is 0 Å². The minimum absolute atomic E-state index is 0.435. The highest BCUT2D eigenvalue weighted by Crippen LogP contribution is 2.52. The van der Waals surface area contributed by atoms with Crippen LogP contribution in [-0.4, -0.2) is 29.8 Å². The predicted molar refractivity (Wildman–Crippen MR) is 76.8 cm³/mol. The van der Waals surface area contributed by atoms with E-state index in [1.54, 1.807) is 0 Å². The molecule has 1 saturated carbocycles. The Kier molecular flexibility index (Phi) is 3.42. The zero-order chi connectivity index (χ0) is 13.6. The minimum Gasteiger partial charge on any atom is -0.264 e. The maximum Gasteiger partial charge on any atom is 0.264 e. The molecule has 100 valence electrons.